The Labute approximate surface area is 111 Å². The minimum Gasteiger partial charge on any atom is -0.478 e. The third-order valence-electron chi connectivity index (χ3n) is 2.36. The molecule has 0 saturated heterocycles. The van der Waals surface area contributed by atoms with E-state index >= 15 is 0 Å². The van der Waals surface area contributed by atoms with Gasteiger partial charge in [-0.1, -0.05) is 6.07 Å². The van der Waals surface area contributed by atoms with Gasteiger partial charge in [-0.15, -0.1) is 0 Å². The van der Waals surface area contributed by atoms with Crippen LogP contribution in [0.2, 0.25) is 0 Å². The highest BCUT2D eigenvalue weighted by Gasteiger charge is 2.16. The second-order valence-corrected chi connectivity index (χ2v) is 4.42. The van der Waals surface area contributed by atoms with Gasteiger partial charge in [0.25, 0.3) is 11.3 Å². The molecule has 0 bridgehead atoms. The van der Waals surface area contributed by atoms with Crippen molar-refractivity contribution in [1.29, 1.82) is 0 Å². The largest absolute Gasteiger partial charge is 0.478 e. The van der Waals surface area contributed by atoms with Crippen LogP contribution >= 0.6 is 0 Å². The zero-order valence-electron chi connectivity index (χ0n) is 9.63. The monoisotopic (exact) mass is 278 g/mol. The molecule has 1 aromatic heterocycles. The summed E-state index contributed by atoms with van der Waals surface area (Å²) in [5.41, 5.74) is 0.733. The Morgan fingerprint density at radius 1 is 1.21 bits per heavy atom. The summed E-state index contributed by atoms with van der Waals surface area (Å²) in [5, 5.41) is 8.93. The molecule has 0 aliphatic heterocycles. The fraction of sp³-hybridized carbons (Fsp3) is 0. The van der Waals surface area contributed by atoms with E-state index in [0.29, 0.717) is 11.4 Å². The molecule has 19 heavy (non-hydrogen) atoms. The zero-order valence-corrected chi connectivity index (χ0v) is 10.4. The Morgan fingerprint density at radius 2 is 1.95 bits per heavy atom. The lowest BCUT2D eigenvalue weighted by atomic mass is 10.2. The average molecular weight is 278 g/mol. The second kappa shape index (κ2) is 5.59. The number of pyridine rings is 1. The molecular formula is C12H10N2O4S. The standard InChI is InChI=1S/C12H10N2O4S/c15-12(16)9-3-1-4-10(7-9)14(19(17)18)11-5-2-6-13-8-11/h1-8H,(H,15,16)(H,17,18). The summed E-state index contributed by atoms with van der Waals surface area (Å²) in [6.07, 6.45) is 2.96. The van der Waals surface area contributed by atoms with Crippen molar-refractivity contribution in [3.05, 3.63) is 54.4 Å². The van der Waals surface area contributed by atoms with Crippen molar-refractivity contribution in [3.63, 3.8) is 0 Å². The fourth-order valence-corrected chi connectivity index (χ4v) is 2.15. The van der Waals surface area contributed by atoms with Gasteiger partial charge in [-0.3, -0.25) is 9.54 Å². The van der Waals surface area contributed by atoms with Crippen molar-refractivity contribution in [1.82, 2.24) is 4.98 Å². The van der Waals surface area contributed by atoms with Crippen LogP contribution in [0, 0.1) is 0 Å². The number of hydrogen-bond acceptors (Lipinski definition) is 3. The lowest BCUT2D eigenvalue weighted by Gasteiger charge is -2.19. The van der Waals surface area contributed by atoms with E-state index in [1.807, 2.05) is 0 Å². The van der Waals surface area contributed by atoms with Crippen LogP contribution in [-0.4, -0.2) is 24.8 Å². The van der Waals surface area contributed by atoms with E-state index in [4.69, 9.17) is 5.11 Å². The summed E-state index contributed by atoms with van der Waals surface area (Å²) in [4.78, 5) is 14.8. The Morgan fingerprint density at radius 3 is 2.53 bits per heavy atom. The van der Waals surface area contributed by atoms with E-state index in [1.54, 1.807) is 18.2 Å². The molecule has 0 aliphatic rings. The summed E-state index contributed by atoms with van der Waals surface area (Å²) in [7, 11) is 0. The smallest absolute Gasteiger partial charge is 0.335 e. The summed E-state index contributed by atoms with van der Waals surface area (Å²) >= 11 is -2.33. The van der Waals surface area contributed by atoms with Gasteiger partial charge in [0.05, 0.1) is 23.1 Å². The van der Waals surface area contributed by atoms with Crippen LogP contribution in [0.5, 0.6) is 0 Å². The molecule has 0 radical (unpaired) electrons. The van der Waals surface area contributed by atoms with Crippen molar-refractivity contribution in [2.45, 2.75) is 0 Å². The fourth-order valence-electron chi connectivity index (χ4n) is 1.57. The number of anilines is 2. The van der Waals surface area contributed by atoms with E-state index in [1.165, 1.54) is 30.6 Å². The van der Waals surface area contributed by atoms with Crippen LogP contribution in [0.25, 0.3) is 0 Å². The summed E-state index contributed by atoms with van der Waals surface area (Å²) in [5.74, 6) is -1.10. The Balaban J connectivity index is 2.49. The maximum atomic E-state index is 11.4. The van der Waals surface area contributed by atoms with Gasteiger partial charge < -0.3 is 5.11 Å². The van der Waals surface area contributed by atoms with E-state index < -0.39 is 17.2 Å². The molecule has 6 nitrogen and oxygen atoms in total. The van der Waals surface area contributed by atoms with E-state index in [9.17, 15) is 13.6 Å². The van der Waals surface area contributed by atoms with Crippen LogP contribution in [0.1, 0.15) is 10.4 Å². The highest BCUT2D eigenvalue weighted by molar-refractivity contribution is 7.81. The summed E-state index contributed by atoms with van der Waals surface area (Å²) in [6.45, 7) is 0. The van der Waals surface area contributed by atoms with Gasteiger partial charge in [-0.25, -0.2) is 13.3 Å². The number of carboxylic acid groups (broad SMARTS) is 1. The molecular weight excluding hydrogens is 268 g/mol. The highest BCUT2D eigenvalue weighted by atomic mass is 32.2. The van der Waals surface area contributed by atoms with E-state index in [2.05, 4.69) is 4.98 Å². The molecule has 0 saturated carbocycles. The van der Waals surface area contributed by atoms with Crippen LogP contribution < -0.4 is 4.31 Å². The van der Waals surface area contributed by atoms with Gasteiger partial charge in [-0.05, 0) is 30.3 Å². The number of aromatic nitrogens is 1. The number of carboxylic acids is 1. The number of hydrogen-bond donors (Lipinski definition) is 2. The lowest BCUT2D eigenvalue weighted by Crippen LogP contribution is -2.19. The van der Waals surface area contributed by atoms with Crippen molar-refractivity contribution < 1.29 is 18.7 Å². The predicted molar refractivity (Wildman–Crippen MR) is 70.5 cm³/mol. The van der Waals surface area contributed by atoms with Gasteiger partial charge in [-0.2, -0.15) is 0 Å². The Hall–Kier alpha value is -2.25. The summed E-state index contributed by atoms with van der Waals surface area (Å²) in [6, 6.07) is 9.02. The molecule has 7 heteroatoms. The van der Waals surface area contributed by atoms with Gasteiger partial charge in [0.2, 0.25) is 0 Å². The number of nitrogens with zero attached hydrogens (tertiary/aromatic N) is 2. The van der Waals surface area contributed by atoms with E-state index in [0.717, 1.165) is 4.31 Å². The van der Waals surface area contributed by atoms with Crippen molar-refractivity contribution in [3.8, 4) is 0 Å². The number of rotatable bonds is 4. The maximum absolute atomic E-state index is 11.4. The molecule has 1 atom stereocenters. The third-order valence-corrected chi connectivity index (χ3v) is 3.10. The lowest BCUT2D eigenvalue weighted by molar-refractivity contribution is 0.0697. The number of aromatic carboxylic acids is 1. The quantitative estimate of drug-likeness (QED) is 0.835. The number of carbonyl (C=O) groups is 1. The number of benzene rings is 1. The van der Waals surface area contributed by atoms with Crippen LogP contribution in [0.4, 0.5) is 11.4 Å². The Bertz CT molecular complexity index is 618. The second-order valence-electron chi connectivity index (χ2n) is 3.59. The molecule has 1 aromatic carbocycles. The third kappa shape index (κ3) is 2.95. The highest BCUT2D eigenvalue weighted by Crippen LogP contribution is 2.26. The SMILES string of the molecule is O=C(O)c1cccc(N(c2cccnc2)S(=O)O)c1. The summed E-state index contributed by atoms with van der Waals surface area (Å²) < 4.78 is 21.9. The van der Waals surface area contributed by atoms with Gasteiger partial charge in [0.1, 0.15) is 0 Å². The normalized spacial score (nSPS) is 11.8. The molecule has 2 aromatic rings. The zero-order chi connectivity index (χ0) is 13.8. The predicted octanol–water partition coefficient (Wildman–Crippen LogP) is 2.05. The minimum absolute atomic E-state index is 0.0387. The molecule has 1 unspecified atom stereocenters. The topological polar surface area (TPSA) is 90.7 Å². The average Bonchev–Trinajstić information content (AvgIpc) is 2.40. The molecule has 2 rings (SSSR count). The van der Waals surface area contributed by atoms with Crippen molar-refractivity contribution in [2.75, 3.05) is 4.31 Å². The van der Waals surface area contributed by atoms with Gasteiger partial charge in [0.15, 0.2) is 0 Å². The first-order valence-corrected chi connectivity index (χ1v) is 6.30. The molecule has 0 amide bonds. The molecule has 2 N–H and O–H groups in total. The minimum atomic E-state index is -2.33. The first kappa shape index (κ1) is 13.2. The molecule has 0 fully saturated rings. The van der Waals surface area contributed by atoms with Crippen LogP contribution in [-0.2, 0) is 11.3 Å². The Kier molecular flexibility index (Phi) is 3.88. The van der Waals surface area contributed by atoms with E-state index in [-0.39, 0.29) is 5.56 Å². The molecule has 0 spiro atoms. The van der Waals surface area contributed by atoms with Gasteiger partial charge in [0, 0.05) is 6.20 Å². The first-order chi connectivity index (χ1) is 9.09. The molecule has 0 aliphatic carbocycles. The van der Waals surface area contributed by atoms with Crippen LogP contribution in [0.15, 0.2) is 48.8 Å². The molecule has 98 valence electrons. The van der Waals surface area contributed by atoms with Crippen LogP contribution in [0.3, 0.4) is 0 Å². The van der Waals surface area contributed by atoms with Gasteiger partial charge >= 0.3 is 5.97 Å². The van der Waals surface area contributed by atoms with Crippen molar-refractivity contribution >= 4 is 28.6 Å². The van der Waals surface area contributed by atoms with Crippen molar-refractivity contribution in [2.24, 2.45) is 0 Å². The maximum Gasteiger partial charge on any atom is 0.335 e. The first-order valence-electron chi connectivity index (χ1n) is 5.24. The molecule has 1 heterocycles.